The van der Waals surface area contributed by atoms with Crippen molar-refractivity contribution in [3.8, 4) is 0 Å². The Morgan fingerprint density at radius 2 is 2.19 bits per heavy atom. The first-order valence-corrected chi connectivity index (χ1v) is 5.30. The van der Waals surface area contributed by atoms with E-state index in [0.29, 0.717) is 5.56 Å². The van der Waals surface area contributed by atoms with Gasteiger partial charge in [-0.3, -0.25) is 9.89 Å². The molecular weight excluding hydrogens is 202 g/mol. The molecule has 2 rings (SSSR count). The van der Waals surface area contributed by atoms with Gasteiger partial charge >= 0.3 is 0 Å². The fourth-order valence-corrected chi connectivity index (χ4v) is 1.51. The van der Waals surface area contributed by atoms with Crippen molar-refractivity contribution in [1.82, 2.24) is 15.1 Å². The fourth-order valence-electron chi connectivity index (χ4n) is 1.51. The zero-order valence-electron chi connectivity index (χ0n) is 9.69. The summed E-state index contributed by atoms with van der Waals surface area (Å²) in [6.45, 7) is 3.99. The Morgan fingerprint density at radius 1 is 1.44 bits per heavy atom. The van der Waals surface area contributed by atoms with Crippen LogP contribution >= 0.6 is 0 Å². The minimum Gasteiger partial charge on any atom is -0.339 e. The summed E-state index contributed by atoms with van der Waals surface area (Å²) in [4.78, 5) is 13.8. The molecule has 0 bridgehead atoms. The number of aromatic amines is 1. The number of amides is 1. The Labute approximate surface area is 94.3 Å². The predicted molar refractivity (Wildman–Crippen MR) is 63.3 cm³/mol. The third-order valence-corrected chi connectivity index (χ3v) is 2.78. The van der Waals surface area contributed by atoms with Crippen molar-refractivity contribution < 1.29 is 4.79 Å². The van der Waals surface area contributed by atoms with Crippen LogP contribution in [0.2, 0.25) is 0 Å². The maximum Gasteiger partial charge on any atom is 0.253 e. The van der Waals surface area contributed by atoms with Crippen LogP contribution < -0.4 is 0 Å². The van der Waals surface area contributed by atoms with E-state index in [1.165, 1.54) is 0 Å². The highest BCUT2D eigenvalue weighted by Crippen LogP contribution is 2.14. The van der Waals surface area contributed by atoms with E-state index in [0.717, 1.165) is 10.9 Å². The summed E-state index contributed by atoms with van der Waals surface area (Å²) in [7, 11) is 1.81. The van der Waals surface area contributed by atoms with Crippen molar-refractivity contribution in [3.63, 3.8) is 0 Å². The van der Waals surface area contributed by atoms with Gasteiger partial charge in [-0.25, -0.2) is 0 Å². The van der Waals surface area contributed by atoms with E-state index in [2.05, 4.69) is 10.2 Å². The lowest BCUT2D eigenvalue weighted by Gasteiger charge is -2.21. The number of benzene rings is 1. The van der Waals surface area contributed by atoms with E-state index in [-0.39, 0.29) is 11.9 Å². The first kappa shape index (κ1) is 10.7. The highest BCUT2D eigenvalue weighted by atomic mass is 16.2. The number of carbonyl (C=O) groups excluding carboxylic acids is 1. The molecule has 0 saturated heterocycles. The first-order valence-electron chi connectivity index (χ1n) is 5.30. The Kier molecular flexibility index (Phi) is 2.64. The maximum atomic E-state index is 12.0. The molecular formula is C12H15N3O. The third kappa shape index (κ3) is 1.78. The molecule has 1 heterocycles. The zero-order chi connectivity index (χ0) is 11.7. The van der Waals surface area contributed by atoms with E-state index in [1.54, 1.807) is 11.1 Å². The molecule has 16 heavy (non-hydrogen) atoms. The number of fused-ring (bicyclic) bond motifs is 1. The van der Waals surface area contributed by atoms with Gasteiger partial charge in [0.05, 0.1) is 11.7 Å². The van der Waals surface area contributed by atoms with Crippen LogP contribution in [0.5, 0.6) is 0 Å². The van der Waals surface area contributed by atoms with Gasteiger partial charge in [0.1, 0.15) is 0 Å². The monoisotopic (exact) mass is 217 g/mol. The number of nitrogens with one attached hydrogen (secondary N) is 1. The molecule has 0 saturated carbocycles. The maximum absolute atomic E-state index is 12.0. The average molecular weight is 217 g/mol. The van der Waals surface area contributed by atoms with Crippen LogP contribution in [-0.2, 0) is 0 Å². The molecule has 0 aliphatic rings. The van der Waals surface area contributed by atoms with Crippen LogP contribution in [0.3, 0.4) is 0 Å². The van der Waals surface area contributed by atoms with Crippen LogP contribution in [0, 0.1) is 0 Å². The summed E-state index contributed by atoms with van der Waals surface area (Å²) in [6.07, 6.45) is 1.75. The second-order valence-electron chi connectivity index (χ2n) is 4.18. The molecule has 4 nitrogen and oxygen atoms in total. The van der Waals surface area contributed by atoms with Crippen molar-refractivity contribution in [1.29, 1.82) is 0 Å². The summed E-state index contributed by atoms with van der Waals surface area (Å²) in [5.41, 5.74) is 1.58. The Bertz CT molecular complexity index is 516. The molecule has 1 aromatic heterocycles. The highest BCUT2D eigenvalue weighted by Gasteiger charge is 2.14. The molecule has 1 N–H and O–H groups in total. The van der Waals surface area contributed by atoms with Crippen molar-refractivity contribution >= 4 is 16.8 Å². The first-order chi connectivity index (χ1) is 7.59. The zero-order valence-corrected chi connectivity index (χ0v) is 9.69. The van der Waals surface area contributed by atoms with Crippen molar-refractivity contribution in [3.05, 3.63) is 30.0 Å². The van der Waals surface area contributed by atoms with Crippen LogP contribution in [0.4, 0.5) is 0 Å². The summed E-state index contributed by atoms with van der Waals surface area (Å²) < 4.78 is 0. The van der Waals surface area contributed by atoms with Gasteiger partial charge in [-0.2, -0.15) is 5.10 Å². The fraction of sp³-hybridized carbons (Fsp3) is 0.333. The predicted octanol–water partition coefficient (Wildman–Crippen LogP) is 2.04. The smallest absolute Gasteiger partial charge is 0.253 e. The van der Waals surface area contributed by atoms with E-state index in [9.17, 15) is 4.79 Å². The number of hydrogen-bond donors (Lipinski definition) is 1. The second-order valence-corrected chi connectivity index (χ2v) is 4.18. The molecule has 0 atom stereocenters. The number of hydrogen-bond acceptors (Lipinski definition) is 2. The normalized spacial score (nSPS) is 11.0. The van der Waals surface area contributed by atoms with Crippen molar-refractivity contribution in [2.75, 3.05) is 7.05 Å². The number of nitrogens with zero attached hydrogens (tertiary/aromatic N) is 2. The molecule has 2 aromatic rings. The van der Waals surface area contributed by atoms with Gasteiger partial charge < -0.3 is 4.90 Å². The average Bonchev–Trinajstić information content (AvgIpc) is 2.73. The molecule has 0 radical (unpaired) electrons. The number of aromatic nitrogens is 2. The highest BCUT2D eigenvalue weighted by molar-refractivity contribution is 5.97. The Morgan fingerprint density at radius 3 is 2.88 bits per heavy atom. The molecule has 0 spiro atoms. The molecule has 1 amide bonds. The SMILES string of the molecule is CC(C)N(C)C(=O)c1ccc2cn[nH]c2c1. The molecule has 0 unspecified atom stereocenters. The van der Waals surface area contributed by atoms with E-state index >= 15 is 0 Å². The topological polar surface area (TPSA) is 49.0 Å². The number of rotatable bonds is 2. The minimum atomic E-state index is 0.0338. The molecule has 1 aromatic carbocycles. The van der Waals surface area contributed by atoms with Gasteiger partial charge in [0.15, 0.2) is 0 Å². The van der Waals surface area contributed by atoms with Gasteiger partial charge in [0, 0.05) is 24.0 Å². The Hall–Kier alpha value is -1.84. The van der Waals surface area contributed by atoms with Gasteiger partial charge in [-0.15, -0.1) is 0 Å². The van der Waals surface area contributed by atoms with Gasteiger partial charge in [-0.05, 0) is 26.0 Å². The van der Waals surface area contributed by atoms with Crippen molar-refractivity contribution in [2.45, 2.75) is 19.9 Å². The lowest BCUT2D eigenvalue weighted by atomic mass is 10.1. The second kappa shape index (κ2) is 3.96. The molecule has 84 valence electrons. The van der Waals surface area contributed by atoms with E-state index < -0.39 is 0 Å². The molecule has 4 heteroatoms. The molecule has 0 aliphatic carbocycles. The largest absolute Gasteiger partial charge is 0.339 e. The van der Waals surface area contributed by atoms with Crippen LogP contribution in [0.1, 0.15) is 24.2 Å². The van der Waals surface area contributed by atoms with E-state index in [1.807, 2.05) is 39.1 Å². The standard InChI is InChI=1S/C12H15N3O/c1-8(2)15(3)12(16)9-4-5-10-7-13-14-11(10)6-9/h4-8H,1-3H3,(H,13,14). The van der Waals surface area contributed by atoms with Gasteiger partial charge in [0.2, 0.25) is 0 Å². The molecule has 0 aliphatic heterocycles. The molecule has 0 fully saturated rings. The summed E-state index contributed by atoms with van der Waals surface area (Å²) in [5, 5.41) is 7.81. The van der Waals surface area contributed by atoms with Crippen LogP contribution in [0.25, 0.3) is 10.9 Å². The third-order valence-electron chi connectivity index (χ3n) is 2.78. The van der Waals surface area contributed by atoms with Crippen molar-refractivity contribution in [2.24, 2.45) is 0 Å². The summed E-state index contributed by atoms with van der Waals surface area (Å²) in [5.74, 6) is 0.0338. The summed E-state index contributed by atoms with van der Waals surface area (Å²) >= 11 is 0. The Balaban J connectivity index is 2.36. The minimum absolute atomic E-state index is 0.0338. The lowest BCUT2D eigenvalue weighted by molar-refractivity contribution is 0.0755. The van der Waals surface area contributed by atoms with E-state index in [4.69, 9.17) is 0 Å². The van der Waals surface area contributed by atoms with Gasteiger partial charge in [0.25, 0.3) is 5.91 Å². The van der Waals surface area contributed by atoms with Crippen LogP contribution in [-0.4, -0.2) is 34.1 Å². The quantitative estimate of drug-likeness (QED) is 0.836. The number of carbonyl (C=O) groups is 1. The van der Waals surface area contributed by atoms with Crippen LogP contribution in [0.15, 0.2) is 24.4 Å². The lowest BCUT2D eigenvalue weighted by Crippen LogP contribution is -2.32. The summed E-state index contributed by atoms with van der Waals surface area (Å²) in [6, 6.07) is 5.77. The number of H-pyrrole nitrogens is 1. The van der Waals surface area contributed by atoms with Gasteiger partial charge in [-0.1, -0.05) is 6.07 Å².